The second kappa shape index (κ2) is 14.3. The van der Waals surface area contributed by atoms with Crippen LogP contribution < -0.4 is 21.7 Å². The van der Waals surface area contributed by atoms with Crippen LogP contribution in [-0.4, -0.2) is 69.8 Å². The number of hydrogen-bond donors (Lipinski definition) is 7. The summed E-state index contributed by atoms with van der Waals surface area (Å²) in [6, 6.07) is 1.77. The number of carboxylic acid groups (broad SMARTS) is 1. The smallest absolute Gasteiger partial charge is 0.328 e. The summed E-state index contributed by atoms with van der Waals surface area (Å²) in [6.07, 6.45) is 0.964. The number of phenols is 1. The van der Waals surface area contributed by atoms with Gasteiger partial charge in [-0.05, 0) is 42.4 Å². The Kier molecular flexibility index (Phi) is 12.2. The number of aliphatic hydroxyl groups is 1. The van der Waals surface area contributed by atoms with Gasteiger partial charge in [0.05, 0.1) is 12.6 Å². The Balaban J connectivity index is 2.96. The molecule has 0 aliphatic heterocycles. The summed E-state index contributed by atoms with van der Waals surface area (Å²) in [5.41, 5.74) is 6.78. The average Bonchev–Trinajstić information content (AvgIpc) is 2.80. The molecule has 0 fully saturated rings. The van der Waals surface area contributed by atoms with E-state index in [9.17, 15) is 29.4 Å². The van der Waals surface area contributed by atoms with Crippen molar-refractivity contribution in [2.24, 2.45) is 17.6 Å². The van der Waals surface area contributed by atoms with Crippen molar-refractivity contribution in [3.05, 3.63) is 29.8 Å². The zero-order valence-electron chi connectivity index (χ0n) is 20.7. The van der Waals surface area contributed by atoms with Crippen molar-refractivity contribution >= 4 is 23.7 Å². The molecular formula is C24H38N4O7. The van der Waals surface area contributed by atoms with Crippen LogP contribution in [0, 0.1) is 11.8 Å². The van der Waals surface area contributed by atoms with E-state index >= 15 is 0 Å². The zero-order chi connectivity index (χ0) is 26.7. The number of hydrogen-bond acceptors (Lipinski definition) is 7. The number of benzene rings is 1. The van der Waals surface area contributed by atoms with Gasteiger partial charge in [0.25, 0.3) is 0 Å². The number of carbonyl (C=O) groups excluding carboxylic acids is 3. The number of carboxylic acids is 1. The molecular weight excluding hydrogens is 456 g/mol. The summed E-state index contributed by atoms with van der Waals surface area (Å²) in [6.45, 7) is 6.50. The minimum atomic E-state index is -1.50. The zero-order valence-corrected chi connectivity index (χ0v) is 20.7. The van der Waals surface area contributed by atoms with Crippen molar-refractivity contribution in [2.75, 3.05) is 6.61 Å². The van der Waals surface area contributed by atoms with E-state index in [1.54, 1.807) is 19.1 Å². The number of carbonyl (C=O) groups is 4. The highest BCUT2D eigenvalue weighted by Crippen LogP contribution is 2.13. The van der Waals surface area contributed by atoms with Crippen molar-refractivity contribution < 1.29 is 34.5 Å². The molecule has 0 saturated heterocycles. The fourth-order valence-corrected chi connectivity index (χ4v) is 3.36. The first-order valence-electron chi connectivity index (χ1n) is 11.7. The number of nitrogens with one attached hydrogen (secondary N) is 3. The molecule has 11 heteroatoms. The lowest BCUT2D eigenvalue weighted by Gasteiger charge is -2.28. The van der Waals surface area contributed by atoms with Crippen molar-refractivity contribution in [1.29, 1.82) is 0 Å². The maximum Gasteiger partial charge on any atom is 0.328 e. The second-order valence-electron chi connectivity index (χ2n) is 9.12. The molecule has 0 aliphatic rings. The van der Waals surface area contributed by atoms with Gasteiger partial charge in [-0.1, -0.05) is 46.2 Å². The van der Waals surface area contributed by atoms with Gasteiger partial charge >= 0.3 is 5.97 Å². The molecule has 0 heterocycles. The quantitative estimate of drug-likeness (QED) is 0.186. The summed E-state index contributed by atoms with van der Waals surface area (Å²) in [7, 11) is 0. The number of amides is 3. The minimum Gasteiger partial charge on any atom is -0.508 e. The predicted molar refractivity (Wildman–Crippen MR) is 129 cm³/mol. The van der Waals surface area contributed by atoms with E-state index in [0.29, 0.717) is 6.42 Å². The number of aliphatic carboxylic acids is 1. The van der Waals surface area contributed by atoms with Crippen LogP contribution in [0.15, 0.2) is 24.3 Å². The Morgan fingerprint density at radius 3 is 1.97 bits per heavy atom. The number of aliphatic hydroxyl groups excluding tert-OH is 1. The Morgan fingerprint density at radius 1 is 0.914 bits per heavy atom. The summed E-state index contributed by atoms with van der Waals surface area (Å²) in [5.74, 6) is -3.50. The van der Waals surface area contributed by atoms with Crippen LogP contribution in [0.3, 0.4) is 0 Å². The van der Waals surface area contributed by atoms with Gasteiger partial charge in [0.15, 0.2) is 0 Å². The Morgan fingerprint density at radius 2 is 1.49 bits per heavy atom. The molecule has 1 aromatic rings. The third kappa shape index (κ3) is 9.91. The van der Waals surface area contributed by atoms with Crippen LogP contribution in [0.4, 0.5) is 0 Å². The highest BCUT2D eigenvalue weighted by molar-refractivity contribution is 5.94. The topological polar surface area (TPSA) is 191 Å². The van der Waals surface area contributed by atoms with Crippen molar-refractivity contribution in [3.8, 4) is 5.75 Å². The summed E-state index contributed by atoms with van der Waals surface area (Å²) in [4.78, 5) is 49.8. The normalized spacial score (nSPS) is 15.4. The fraction of sp³-hybridized carbons (Fsp3) is 0.583. The molecule has 8 N–H and O–H groups in total. The molecule has 11 nitrogen and oxygen atoms in total. The Hall–Kier alpha value is -3.18. The van der Waals surface area contributed by atoms with E-state index in [4.69, 9.17) is 10.8 Å². The van der Waals surface area contributed by atoms with E-state index in [1.807, 2.05) is 20.8 Å². The molecule has 5 atom stereocenters. The minimum absolute atomic E-state index is 0.0150. The van der Waals surface area contributed by atoms with Crippen LogP contribution in [0.1, 0.15) is 46.1 Å². The lowest BCUT2D eigenvalue weighted by molar-refractivity contribution is -0.143. The van der Waals surface area contributed by atoms with Gasteiger partial charge in [0, 0.05) is 0 Å². The molecule has 0 aliphatic carbocycles. The van der Waals surface area contributed by atoms with Crippen molar-refractivity contribution in [3.63, 3.8) is 0 Å². The molecule has 0 radical (unpaired) electrons. The first kappa shape index (κ1) is 29.9. The van der Waals surface area contributed by atoms with Gasteiger partial charge in [-0.3, -0.25) is 14.4 Å². The standard InChI is InChI=1S/C24H38N4O7/c1-5-14(4)20(28-21(31)17(25)11-15-6-8-16(30)9-7-15)23(33)26-18(10-13(2)3)22(32)27-19(12-29)24(34)35/h6-9,13-14,17-20,29-30H,5,10-12,25H2,1-4H3,(H,26,33)(H,27,32)(H,28,31)(H,34,35). The molecule has 1 aromatic carbocycles. The van der Waals surface area contributed by atoms with E-state index < -0.39 is 54.5 Å². The third-order valence-corrected chi connectivity index (χ3v) is 5.66. The molecule has 196 valence electrons. The SMILES string of the molecule is CCC(C)C(NC(=O)C(N)Cc1ccc(O)cc1)C(=O)NC(CC(C)C)C(=O)NC(CO)C(=O)O. The van der Waals surface area contributed by atoms with E-state index in [1.165, 1.54) is 12.1 Å². The maximum absolute atomic E-state index is 13.1. The van der Waals surface area contributed by atoms with Gasteiger partial charge in [0.2, 0.25) is 17.7 Å². The Labute approximate surface area is 205 Å². The lowest BCUT2D eigenvalue weighted by atomic mass is 9.96. The van der Waals surface area contributed by atoms with Crippen molar-refractivity contribution in [1.82, 2.24) is 16.0 Å². The van der Waals surface area contributed by atoms with E-state index in [-0.39, 0.29) is 30.4 Å². The monoisotopic (exact) mass is 494 g/mol. The molecule has 0 saturated carbocycles. The Bertz CT molecular complexity index is 860. The van der Waals surface area contributed by atoms with Gasteiger partial charge in [-0.15, -0.1) is 0 Å². The van der Waals surface area contributed by atoms with E-state index in [2.05, 4.69) is 16.0 Å². The van der Waals surface area contributed by atoms with Gasteiger partial charge in [0.1, 0.15) is 23.9 Å². The van der Waals surface area contributed by atoms with E-state index in [0.717, 1.165) is 5.56 Å². The predicted octanol–water partition coefficient (Wildman–Crippen LogP) is -0.114. The molecule has 0 bridgehead atoms. The number of aromatic hydroxyl groups is 1. The molecule has 35 heavy (non-hydrogen) atoms. The molecule has 3 amide bonds. The molecule has 5 unspecified atom stereocenters. The highest BCUT2D eigenvalue weighted by Gasteiger charge is 2.32. The fourth-order valence-electron chi connectivity index (χ4n) is 3.36. The second-order valence-corrected chi connectivity index (χ2v) is 9.12. The van der Waals surface area contributed by atoms with Gasteiger partial charge in [-0.25, -0.2) is 4.79 Å². The van der Waals surface area contributed by atoms with Gasteiger partial charge < -0.3 is 37.0 Å². The van der Waals surface area contributed by atoms with Crippen LogP contribution in [0.2, 0.25) is 0 Å². The average molecular weight is 495 g/mol. The van der Waals surface area contributed by atoms with Crippen LogP contribution >= 0.6 is 0 Å². The third-order valence-electron chi connectivity index (χ3n) is 5.66. The summed E-state index contributed by atoms with van der Waals surface area (Å²) >= 11 is 0. The van der Waals surface area contributed by atoms with Crippen LogP contribution in [0.25, 0.3) is 0 Å². The lowest BCUT2D eigenvalue weighted by Crippen LogP contribution is -2.59. The van der Waals surface area contributed by atoms with Crippen LogP contribution in [0.5, 0.6) is 5.75 Å². The summed E-state index contributed by atoms with van der Waals surface area (Å²) < 4.78 is 0. The number of nitrogens with two attached hydrogens (primary N) is 1. The molecule has 0 aromatic heterocycles. The largest absolute Gasteiger partial charge is 0.508 e. The number of rotatable bonds is 14. The maximum atomic E-state index is 13.1. The van der Waals surface area contributed by atoms with Crippen molar-refractivity contribution in [2.45, 2.75) is 71.1 Å². The molecule has 1 rings (SSSR count). The highest BCUT2D eigenvalue weighted by atomic mass is 16.4. The van der Waals surface area contributed by atoms with Gasteiger partial charge in [-0.2, -0.15) is 0 Å². The van der Waals surface area contributed by atoms with Crippen LogP contribution in [-0.2, 0) is 25.6 Å². The molecule has 0 spiro atoms. The first-order valence-corrected chi connectivity index (χ1v) is 11.7. The first-order chi connectivity index (χ1) is 16.4. The summed E-state index contributed by atoms with van der Waals surface area (Å²) in [5, 5.41) is 35.2. The number of phenolic OH excluding ortho intramolecular Hbond substituents is 1.